The van der Waals surface area contributed by atoms with Crippen LogP contribution in [0.3, 0.4) is 0 Å². The van der Waals surface area contributed by atoms with Gasteiger partial charge in [-0.25, -0.2) is 0 Å². The van der Waals surface area contributed by atoms with Gasteiger partial charge in [-0.3, -0.25) is 19.5 Å². The summed E-state index contributed by atoms with van der Waals surface area (Å²) in [6.45, 7) is 1.96. The zero-order chi connectivity index (χ0) is 25.5. The van der Waals surface area contributed by atoms with E-state index in [1.165, 1.54) is 11.3 Å². The van der Waals surface area contributed by atoms with Gasteiger partial charge in [0.2, 0.25) is 5.91 Å². The molecule has 4 rings (SSSR count). The molecule has 1 aliphatic rings. The van der Waals surface area contributed by atoms with E-state index in [0.29, 0.717) is 22.7 Å². The van der Waals surface area contributed by atoms with E-state index >= 15 is 0 Å². The number of methoxy groups -OCH3 is 2. The molecule has 1 unspecified atom stereocenters. The smallest absolute Gasteiger partial charge is 0.277 e. The van der Waals surface area contributed by atoms with Crippen LogP contribution in [0.2, 0.25) is 0 Å². The molecular weight excluding hydrogens is 454 g/mol. The highest BCUT2D eigenvalue weighted by atomic mass is 16.5. The van der Waals surface area contributed by atoms with E-state index in [-0.39, 0.29) is 23.6 Å². The summed E-state index contributed by atoms with van der Waals surface area (Å²) in [5, 5.41) is 3.23. The van der Waals surface area contributed by atoms with Crippen LogP contribution in [-0.2, 0) is 4.79 Å². The summed E-state index contributed by atoms with van der Waals surface area (Å²) in [4.78, 5) is 33.9. The Labute approximate surface area is 212 Å². The van der Waals surface area contributed by atoms with Crippen LogP contribution in [0.25, 0.3) is 0 Å². The van der Waals surface area contributed by atoms with Crippen molar-refractivity contribution in [1.82, 2.24) is 10.3 Å². The Kier molecular flexibility index (Phi) is 8.21. The molecule has 7 heteroatoms. The van der Waals surface area contributed by atoms with Crippen molar-refractivity contribution < 1.29 is 19.1 Å². The van der Waals surface area contributed by atoms with Crippen LogP contribution >= 0.6 is 0 Å². The van der Waals surface area contributed by atoms with Crippen LogP contribution in [0.4, 0.5) is 5.69 Å². The molecule has 1 N–H and O–H groups in total. The molecule has 0 saturated heterocycles. The number of nitrogens with one attached hydrogen (secondary N) is 1. The van der Waals surface area contributed by atoms with E-state index in [1.54, 1.807) is 56.8 Å². The Morgan fingerprint density at radius 1 is 0.972 bits per heavy atom. The quantitative estimate of drug-likeness (QED) is 0.470. The molecule has 0 aliphatic heterocycles. The number of carbonyl (C=O) groups excluding carboxylic acids is 2. The van der Waals surface area contributed by atoms with Crippen LogP contribution < -0.4 is 19.7 Å². The number of ether oxygens (including phenoxy) is 2. The normalized spacial score (nSPS) is 14.5. The Hall–Kier alpha value is -3.87. The lowest BCUT2D eigenvalue weighted by atomic mass is 9.94. The van der Waals surface area contributed by atoms with Crippen molar-refractivity contribution in [1.29, 1.82) is 0 Å². The molecule has 7 nitrogen and oxygen atoms in total. The molecular formula is C29H33N3O4. The summed E-state index contributed by atoms with van der Waals surface area (Å²) in [5.74, 6) is 0.434. The molecule has 1 fully saturated rings. The van der Waals surface area contributed by atoms with E-state index < -0.39 is 6.04 Å². The summed E-state index contributed by atoms with van der Waals surface area (Å²) in [5.41, 5.74) is 2.39. The first kappa shape index (κ1) is 25.2. The molecule has 1 saturated carbocycles. The Morgan fingerprint density at radius 3 is 2.44 bits per heavy atom. The number of aryl methyl sites for hydroxylation is 1. The molecule has 0 radical (unpaired) electrons. The van der Waals surface area contributed by atoms with Crippen molar-refractivity contribution in [3.05, 3.63) is 83.7 Å². The number of carbonyl (C=O) groups is 2. The molecule has 2 aromatic carbocycles. The highest BCUT2D eigenvalue weighted by Crippen LogP contribution is 2.37. The predicted octanol–water partition coefficient (Wildman–Crippen LogP) is 5.24. The van der Waals surface area contributed by atoms with Gasteiger partial charge in [0.15, 0.2) is 0 Å². The minimum absolute atomic E-state index is 0.0716. The third-order valence-electron chi connectivity index (χ3n) is 6.58. The van der Waals surface area contributed by atoms with Gasteiger partial charge in [-0.2, -0.15) is 0 Å². The monoisotopic (exact) mass is 487 g/mol. The van der Waals surface area contributed by atoms with Gasteiger partial charge >= 0.3 is 0 Å². The number of hydrogen-bond acceptors (Lipinski definition) is 5. The maximum Gasteiger partial charge on any atom is 0.277 e. The summed E-state index contributed by atoms with van der Waals surface area (Å²) in [6.07, 6.45) is 6.77. The second kappa shape index (κ2) is 11.7. The molecule has 2 amide bonds. The maximum absolute atomic E-state index is 14.1. The third kappa shape index (κ3) is 5.67. The Morgan fingerprint density at radius 2 is 1.78 bits per heavy atom. The fourth-order valence-corrected chi connectivity index (χ4v) is 4.74. The van der Waals surface area contributed by atoms with Crippen LogP contribution in [0.5, 0.6) is 11.5 Å². The summed E-state index contributed by atoms with van der Waals surface area (Å²) < 4.78 is 11.1. The lowest BCUT2D eigenvalue weighted by molar-refractivity contribution is -0.123. The number of amides is 2. The van der Waals surface area contributed by atoms with Crippen LogP contribution in [0.15, 0.2) is 66.9 Å². The zero-order valence-electron chi connectivity index (χ0n) is 21.1. The standard InChI is InChI=1S/C29H33N3O4/c1-20-10-9-13-22(18-20)32(29(34)25-14-7-8-17-30-25)27(28(33)31-21-11-5-4-6-12-21)24-16-15-23(35-2)19-26(24)36-3/h7-10,13-19,21,27H,4-6,11-12H2,1-3H3,(H,31,33). The van der Waals surface area contributed by atoms with E-state index in [9.17, 15) is 9.59 Å². The average molecular weight is 488 g/mol. The fourth-order valence-electron chi connectivity index (χ4n) is 4.74. The molecule has 0 bridgehead atoms. The van der Waals surface area contributed by atoms with Gasteiger partial charge in [-0.1, -0.05) is 37.5 Å². The van der Waals surface area contributed by atoms with Gasteiger partial charge < -0.3 is 14.8 Å². The van der Waals surface area contributed by atoms with E-state index in [1.807, 2.05) is 31.2 Å². The Balaban J connectivity index is 1.87. The van der Waals surface area contributed by atoms with Crippen molar-refractivity contribution in [2.24, 2.45) is 0 Å². The molecule has 1 heterocycles. The first-order chi connectivity index (χ1) is 17.5. The molecule has 1 atom stereocenters. The lowest BCUT2D eigenvalue weighted by Gasteiger charge is -2.34. The minimum Gasteiger partial charge on any atom is -0.497 e. The average Bonchev–Trinajstić information content (AvgIpc) is 2.92. The van der Waals surface area contributed by atoms with Crippen molar-refractivity contribution >= 4 is 17.5 Å². The molecule has 0 spiro atoms. The first-order valence-corrected chi connectivity index (χ1v) is 12.4. The number of anilines is 1. The van der Waals surface area contributed by atoms with Crippen LogP contribution in [0, 0.1) is 6.92 Å². The molecule has 3 aromatic rings. The lowest BCUT2D eigenvalue weighted by Crippen LogP contribution is -2.47. The number of nitrogens with zero attached hydrogens (tertiary/aromatic N) is 2. The fraction of sp³-hybridized carbons (Fsp3) is 0.345. The highest BCUT2D eigenvalue weighted by molar-refractivity contribution is 6.09. The summed E-state index contributed by atoms with van der Waals surface area (Å²) >= 11 is 0. The summed E-state index contributed by atoms with van der Waals surface area (Å²) in [6, 6.07) is 17.1. The largest absolute Gasteiger partial charge is 0.497 e. The van der Waals surface area contributed by atoms with Crippen LogP contribution in [0.1, 0.15) is 59.8 Å². The molecule has 1 aromatic heterocycles. The highest BCUT2D eigenvalue weighted by Gasteiger charge is 2.37. The third-order valence-corrected chi connectivity index (χ3v) is 6.58. The molecule has 36 heavy (non-hydrogen) atoms. The maximum atomic E-state index is 14.1. The second-order valence-electron chi connectivity index (χ2n) is 9.08. The topological polar surface area (TPSA) is 80.8 Å². The second-order valence-corrected chi connectivity index (χ2v) is 9.08. The van der Waals surface area contributed by atoms with Gasteiger partial charge in [0.25, 0.3) is 5.91 Å². The van der Waals surface area contributed by atoms with E-state index in [4.69, 9.17) is 9.47 Å². The zero-order valence-corrected chi connectivity index (χ0v) is 21.1. The van der Waals surface area contributed by atoms with E-state index in [2.05, 4.69) is 10.3 Å². The Bertz CT molecular complexity index is 1190. The number of benzene rings is 2. The SMILES string of the molecule is COc1ccc(C(C(=O)NC2CCCCC2)N(C(=O)c2ccccn2)c2cccc(C)c2)c(OC)c1. The number of aromatic nitrogens is 1. The van der Waals surface area contributed by atoms with E-state index in [0.717, 1.165) is 31.2 Å². The van der Waals surface area contributed by atoms with Gasteiger partial charge in [0.1, 0.15) is 23.2 Å². The summed E-state index contributed by atoms with van der Waals surface area (Å²) in [7, 11) is 3.12. The van der Waals surface area contributed by atoms with Gasteiger partial charge in [0.05, 0.1) is 14.2 Å². The van der Waals surface area contributed by atoms with Crippen LogP contribution in [-0.4, -0.2) is 37.1 Å². The molecule has 188 valence electrons. The number of pyridine rings is 1. The number of rotatable bonds is 8. The van der Waals surface area contributed by atoms with Crippen molar-refractivity contribution in [2.75, 3.05) is 19.1 Å². The number of hydrogen-bond donors (Lipinski definition) is 1. The van der Waals surface area contributed by atoms with Crippen molar-refractivity contribution in [3.63, 3.8) is 0 Å². The van der Waals surface area contributed by atoms with Gasteiger partial charge in [0, 0.05) is 29.6 Å². The minimum atomic E-state index is -0.982. The molecule has 1 aliphatic carbocycles. The van der Waals surface area contributed by atoms with Crippen molar-refractivity contribution in [2.45, 2.75) is 51.1 Å². The first-order valence-electron chi connectivity index (χ1n) is 12.4. The van der Waals surface area contributed by atoms with Crippen molar-refractivity contribution in [3.8, 4) is 11.5 Å². The van der Waals surface area contributed by atoms with Gasteiger partial charge in [-0.15, -0.1) is 0 Å². The van der Waals surface area contributed by atoms with Gasteiger partial charge in [-0.05, 0) is 61.7 Å². The predicted molar refractivity (Wildman–Crippen MR) is 140 cm³/mol.